The van der Waals surface area contributed by atoms with Gasteiger partial charge in [0.05, 0.1) is 12.1 Å². The van der Waals surface area contributed by atoms with Gasteiger partial charge in [0, 0.05) is 39.0 Å². The smallest absolute Gasteiger partial charge is 0.245 e. The first-order valence-electron chi connectivity index (χ1n) is 17.4. The summed E-state index contributed by atoms with van der Waals surface area (Å²) in [6.45, 7) is 0.935. The molecule has 0 spiro atoms. The Balaban J connectivity index is 1.23. The molecule has 12 heteroatoms. The predicted molar refractivity (Wildman–Crippen MR) is 197 cm³/mol. The van der Waals surface area contributed by atoms with Crippen molar-refractivity contribution in [2.45, 2.75) is 49.9 Å². The van der Waals surface area contributed by atoms with Crippen molar-refractivity contribution in [3.8, 4) is 11.5 Å². The highest BCUT2D eigenvalue weighted by Gasteiger charge is 2.34. The van der Waals surface area contributed by atoms with Gasteiger partial charge in [-0.25, -0.2) is 0 Å². The molecule has 12 nitrogen and oxygen atoms in total. The highest BCUT2D eigenvalue weighted by Crippen LogP contribution is 2.15. The standard InChI is InChI=1S/C40H46N6O6/c41-33(23-29-11-15-31(47)16-12-29)37(49)43-35(25-27-7-3-1-4-8-27)39(51)45-19-21-46(22-20-45)40(52)36(26-28-9-5-2-6-10-28)44-38(50)34(42)24-30-13-17-32(48)18-14-30/h1-18,33-36,47-48H,19-26,41-42H2,(H,43,49)(H,44,50)/t33-,34-,35-,36-/m1/s1. The predicted octanol–water partition coefficient (Wildman–Crippen LogP) is 1.66. The number of phenols is 2. The highest BCUT2D eigenvalue weighted by molar-refractivity contribution is 5.91. The molecule has 5 rings (SSSR count). The molecule has 52 heavy (non-hydrogen) atoms. The summed E-state index contributed by atoms with van der Waals surface area (Å²) < 4.78 is 0. The summed E-state index contributed by atoms with van der Waals surface area (Å²) in [6, 6.07) is 28.0. The lowest BCUT2D eigenvalue weighted by Crippen LogP contribution is -2.60. The van der Waals surface area contributed by atoms with E-state index in [9.17, 15) is 29.4 Å². The molecule has 1 aliphatic heterocycles. The molecule has 0 saturated carbocycles. The number of nitrogens with zero attached hydrogens (tertiary/aromatic N) is 2. The van der Waals surface area contributed by atoms with Gasteiger partial charge in [0.25, 0.3) is 0 Å². The van der Waals surface area contributed by atoms with Gasteiger partial charge in [0.1, 0.15) is 23.6 Å². The molecule has 4 aromatic carbocycles. The van der Waals surface area contributed by atoms with E-state index in [1.807, 2.05) is 60.7 Å². The monoisotopic (exact) mass is 706 g/mol. The fourth-order valence-corrected chi connectivity index (χ4v) is 6.20. The second-order valence-corrected chi connectivity index (χ2v) is 13.1. The van der Waals surface area contributed by atoms with Crippen LogP contribution in [0.5, 0.6) is 11.5 Å². The highest BCUT2D eigenvalue weighted by atomic mass is 16.3. The number of phenolic OH excluding ortho intramolecular Hbond substituents is 2. The number of carbonyl (C=O) groups excluding carboxylic acids is 4. The van der Waals surface area contributed by atoms with Crippen LogP contribution in [-0.4, -0.2) is 94.0 Å². The molecule has 1 fully saturated rings. The van der Waals surface area contributed by atoms with E-state index in [2.05, 4.69) is 10.6 Å². The van der Waals surface area contributed by atoms with Crippen LogP contribution in [0.3, 0.4) is 0 Å². The van der Waals surface area contributed by atoms with Gasteiger partial charge in [0.15, 0.2) is 0 Å². The lowest BCUT2D eigenvalue weighted by atomic mass is 10.0. The second kappa shape index (κ2) is 18.0. The number of hydrogen-bond donors (Lipinski definition) is 6. The molecule has 4 atom stereocenters. The largest absolute Gasteiger partial charge is 0.508 e. The maximum Gasteiger partial charge on any atom is 0.245 e. The minimum atomic E-state index is -0.920. The first-order chi connectivity index (χ1) is 25.0. The van der Waals surface area contributed by atoms with E-state index in [4.69, 9.17) is 11.5 Å². The lowest BCUT2D eigenvalue weighted by molar-refractivity contribution is -0.143. The molecule has 0 aliphatic carbocycles. The van der Waals surface area contributed by atoms with Gasteiger partial charge in [-0.1, -0.05) is 84.9 Å². The Morgan fingerprint density at radius 1 is 0.500 bits per heavy atom. The summed E-state index contributed by atoms with van der Waals surface area (Å²) in [6.07, 6.45) is 0.960. The molecule has 0 unspecified atom stereocenters. The number of rotatable bonds is 14. The molecule has 1 aliphatic rings. The zero-order valence-corrected chi connectivity index (χ0v) is 28.9. The molecule has 272 valence electrons. The van der Waals surface area contributed by atoms with Gasteiger partial charge >= 0.3 is 0 Å². The number of nitrogens with one attached hydrogen (secondary N) is 2. The summed E-state index contributed by atoms with van der Waals surface area (Å²) >= 11 is 0. The van der Waals surface area contributed by atoms with Gasteiger partial charge in [-0.15, -0.1) is 0 Å². The second-order valence-electron chi connectivity index (χ2n) is 13.1. The van der Waals surface area contributed by atoms with E-state index in [1.165, 1.54) is 24.3 Å². The average molecular weight is 707 g/mol. The molecule has 0 bridgehead atoms. The number of nitrogens with two attached hydrogens (primary N) is 2. The van der Waals surface area contributed by atoms with Crippen LogP contribution in [0.25, 0.3) is 0 Å². The molecule has 0 radical (unpaired) electrons. The van der Waals surface area contributed by atoms with Crippen LogP contribution in [0.1, 0.15) is 22.3 Å². The van der Waals surface area contributed by atoms with Crippen LogP contribution in [0, 0.1) is 0 Å². The van der Waals surface area contributed by atoms with Crippen LogP contribution in [0.4, 0.5) is 0 Å². The van der Waals surface area contributed by atoms with Crippen molar-refractivity contribution in [2.75, 3.05) is 26.2 Å². The maximum atomic E-state index is 14.0. The van der Waals surface area contributed by atoms with Crippen LogP contribution >= 0.6 is 0 Å². The lowest BCUT2D eigenvalue weighted by Gasteiger charge is -2.38. The Bertz CT molecular complexity index is 1650. The number of benzene rings is 4. The molecule has 1 saturated heterocycles. The van der Waals surface area contributed by atoms with Gasteiger partial charge in [-0.3, -0.25) is 19.2 Å². The molecule has 8 N–H and O–H groups in total. The fraction of sp³-hybridized carbons (Fsp3) is 0.300. The minimum Gasteiger partial charge on any atom is -0.508 e. The molecular weight excluding hydrogens is 660 g/mol. The Morgan fingerprint density at radius 2 is 0.808 bits per heavy atom. The third kappa shape index (κ3) is 10.6. The average Bonchev–Trinajstić information content (AvgIpc) is 3.16. The van der Waals surface area contributed by atoms with Gasteiger partial charge < -0.3 is 42.1 Å². The van der Waals surface area contributed by atoms with Gasteiger partial charge in [0.2, 0.25) is 23.6 Å². The summed E-state index contributed by atoms with van der Waals surface area (Å²) in [5, 5.41) is 24.9. The van der Waals surface area contributed by atoms with E-state index in [1.54, 1.807) is 34.1 Å². The number of carbonyl (C=O) groups is 4. The van der Waals surface area contributed by atoms with E-state index in [0.29, 0.717) is 0 Å². The first kappa shape index (κ1) is 37.5. The number of hydrogen-bond acceptors (Lipinski definition) is 8. The van der Waals surface area contributed by atoms with Crippen molar-refractivity contribution < 1.29 is 29.4 Å². The number of aromatic hydroxyl groups is 2. The third-order valence-electron chi connectivity index (χ3n) is 9.15. The molecule has 4 aromatic rings. The van der Waals surface area contributed by atoms with E-state index in [-0.39, 0.29) is 75.2 Å². The molecular formula is C40H46N6O6. The third-order valence-corrected chi connectivity index (χ3v) is 9.15. The van der Waals surface area contributed by atoms with E-state index < -0.39 is 36.0 Å². The maximum absolute atomic E-state index is 14.0. The van der Waals surface area contributed by atoms with Gasteiger partial charge in [-0.05, 0) is 59.4 Å². The van der Waals surface area contributed by atoms with Crippen molar-refractivity contribution in [1.29, 1.82) is 0 Å². The van der Waals surface area contributed by atoms with Crippen LogP contribution in [0.15, 0.2) is 109 Å². The van der Waals surface area contributed by atoms with E-state index in [0.717, 1.165) is 22.3 Å². The summed E-state index contributed by atoms with van der Waals surface area (Å²) in [5.41, 5.74) is 15.8. The molecule has 0 aromatic heterocycles. The number of piperazine rings is 1. The fourth-order valence-electron chi connectivity index (χ4n) is 6.20. The van der Waals surface area contributed by atoms with Crippen LogP contribution in [0.2, 0.25) is 0 Å². The summed E-state index contributed by atoms with van der Waals surface area (Å²) in [4.78, 5) is 57.7. The minimum absolute atomic E-state index is 0.111. The van der Waals surface area contributed by atoms with E-state index >= 15 is 0 Å². The Kier molecular flexibility index (Phi) is 13.0. The van der Waals surface area contributed by atoms with Gasteiger partial charge in [-0.2, -0.15) is 0 Å². The van der Waals surface area contributed by atoms with Crippen molar-refractivity contribution >= 4 is 23.6 Å². The van der Waals surface area contributed by atoms with Crippen molar-refractivity contribution in [2.24, 2.45) is 11.5 Å². The van der Waals surface area contributed by atoms with Crippen molar-refractivity contribution in [3.63, 3.8) is 0 Å². The van der Waals surface area contributed by atoms with Crippen LogP contribution in [-0.2, 0) is 44.9 Å². The Morgan fingerprint density at radius 3 is 1.13 bits per heavy atom. The Labute approximate surface area is 303 Å². The number of amides is 4. The summed E-state index contributed by atoms with van der Waals surface area (Å²) in [5.74, 6) is -1.29. The normalized spacial score (nSPS) is 15.2. The zero-order chi connectivity index (χ0) is 37.0. The quantitative estimate of drug-likeness (QED) is 0.114. The SMILES string of the molecule is N[C@H](Cc1ccc(O)cc1)C(=O)N[C@H](Cc1ccccc1)C(=O)N1CCN(C(=O)[C@@H](Cc2ccccc2)NC(=O)[C@H](N)Cc2ccc(O)cc2)CC1. The Hall–Kier alpha value is -5.72. The molecule has 1 heterocycles. The zero-order valence-electron chi connectivity index (χ0n) is 28.9. The van der Waals surface area contributed by atoms with Crippen LogP contribution < -0.4 is 22.1 Å². The van der Waals surface area contributed by atoms with Crippen molar-refractivity contribution in [3.05, 3.63) is 131 Å². The first-order valence-corrected chi connectivity index (χ1v) is 17.4. The molecule has 4 amide bonds. The topological polar surface area (TPSA) is 191 Å². The van der Waals surface area contributed by atoms with Crippen molar-refractivity contribution in [1.82, 2.24) is 20.4 Å². The summed E-state index contributed by atoms with van der Waals surface area (Å²) in [7, 11) is 0.